The van der Waals surface area contributed by atoms with E-state index in [1.165, 1.54) is 101 Å². The molecule has 0 amide bonds. The van der Waals surface area contributed by atoms with Gasteiger partial charge in [-0.15, -0.1) is 0 Å². The highest BCUT2D eigenvalue weighted by atomic mass is 16.5. The zero-order valence-electron chi connectivity index (χ0n) is 21.7. The van der Waals surface area contributed by atoms with E-state index in [9.17, 15) is 0 Å². The van der Waals surface area contributed by atoms with E-state index in [4.69, 9.17) is 4.74 Å². The van der Waals surface area contributed by atoms with Crippen LogP contribution >= 0.6 is 0 Å². The van der Waals surface area contributed by atoms with Gasteiger partial charge in [0.1, 0.15) is 0 Å². The van der Waals surface area contributed by atoms with Crippen molar-refractivity contribution in [3.8, 4) is 0 Å². The van der Waals surface area contributed by atoms with Crippen LogP contribution in [0.4, 0.5) is 0 Å². The lowest BCUT2D eigenvalue weighted by molar-refractivity contribution is -0.0217. The van der Waals surface area contributed by atoms with Crippen LogP contribution in [0.5, 0.6) is 0 Å². The largest absolute Gasteiger partial charge is 0.374 e. The maximum absolute atomic E-state index is 6.91. The minimum Gasteiger partial charge on any atom is -0.374 e. The predicted molar refractivity (Wildman–Crippen MR) is 145 cm³/mol. The summed E-state index contributed by atoms with van der Waals surface area (Å²) in [6.45, 7) is 4.58. The van der Waals surface area contributed by atoms with E-state index in [1.54, 1.807) is 0 Å². The summed E-state index contributed by atoms with van der Waals surface area (Å²) in [6.07, 6.45) is 21.3. The Kier molecular flexibility index (Phi) is 15.7. The van der Waals surface area contributed by atoms with Gasteiger partial charge < -0.3 is 4.74 Å². The van der Waals surface area contributed by atoms with Crippen molar-refractivity contribution in [2.75, 3.05) is 0 Å². The Hall–Kier alpha value is -1.60. The van der Waals surface area contributed by atoms with Crippen LogP contribution in [0.1, 0.15) is 115 Å². The highest BCUT2D eigenvalue weighted by molar-refractivity contribution is 5.16. The van der Waals surface area contributed by atoms with Crippen LogP contribution in [0.3, 0.4) is 0 Å². The molecule has 0 aliphatic carbocycles. The van der Waals surface area contributed by atoms with Crippen LogP contribution in [0.25, 0.3) is 0 Å². The van der Waals surface area contributed by atoms with E-state index in [1.807, 2.05) is 0 Å². The second-order valence-corrected chi connectivity index (χ2v) is 9.87. The molecule has 1 nitrogen and oxygen atoms in total. The highest BCUT2D eigenvalue weighted by Crippen LogP contribution is 2.21. The Labute approximate surface area is 205 Å². The number of rotatable bonds is 20. The Morgan fingerprint density at radius 1 is 0.485 bits per heavy atom. The molecule has 0 aliphatic heterocycles. The third kappa shape index (κ3) is 13.6. The molecule has 0 radical (unpaired) electrons. The number of benzene rings is 2. The van der Waals surface area contributed by atoms with Gasteiger partial charge >= 0.3 is 0 Å². The molecule has 0 saturated heterocycles. The van der Waals surface area contributed by atoms with Gasteiger partial charge in [-0.1, -0.05) is 152 Å². The lowest BCUT2D eigenvalue weighted by Crippen LogP contribution is -2.26. The number of hydrogen-bond acceptors (Lipinski definition) is 1. The second-order valence-electron chi connectivity index (χ2n) is 9.87. The molecule has 33 heavy (non-hydrogen) atoms. The van der Waals surface area contributed by atoms with Crippen LogP contribution in [0.2, 0.25) is 0 Å². The molecule has 184 valence electrons. The van der Waals surface area contributed by atoms with Crippen molar-refractivity contribution in [3.05, 3.63) is 71.8 Å². The molecule has 0 N–H and O–H groups in total. The zero-order chi connectivity index (χ0) is 23.4. The summed E-state index contributed by atoms with van der Waals surface area (Å²) >= 11 is 0. The van der Waals surface area contributed by atoms with Crippen LogP contribution in [-0.4, -0.2) is 12.2 Å². The summed E-state index contributed by atoms with van der Waals surface area (Å²) in [5, 5.41) is 0. The monoisotopic (exact) mass is 450 g/mol. The molecule has 2 aromatic rings. The summed E-state index contributed by atoms with van der Waals surface area (Å²) in [4.78, 5) is 0. The molecule has 0 fully saturated rings. The normalized spacial score (nSPS) is 13.2. The van der Waals surface area contributed by atoms with E-state index in [2.05, 4.69) is 74.5 Å². The fraction of sp³-hybridized carbons (Fsp3) is 0.625. The maximum atomic E-state index is 6.91. The molecule has 2 rings (SSSR count). The molecule has 2 aromatic carbocycles. The molecule has 1 heteroatoms. The molecule has 0 aliphatic rings. The Morgan fingerprint density at radius 2 is 0.848 bits per heavy atom. The standard InChI is InChI=1S/C32H50O/c1-3-5-7-9-11-19-25-31(27-29-21-15-13-16-22-29)33-32(26-20-12-10-8-6-4-2)28-30-23-17-14-18-24-30/h13-18,21-24,31-32H,3-12,19-20,25-28H2,1-2H3. The van der Waals surface area contributed by atoms with Gasteiger partial charge in [0.15, 0.2) is 0 Å². The second kappa shape index (κ2) is 18.8. The highest BCUT2D eigenvalue weighted by Gasteiger charge is 2.18. The van der Waals surface area contributed by atoms with E-state index < -0.39 is 0 Å². The lowest BCUT2D eigenvalue weighted by atomic mass is 9.99. The van der Waals surface area contributed by atoms with Gasteiger partial charge in [-0.3, -0.25) is 0 Å². The fourth-order valence-corrected chi connectivity index (χ4v) is 4.77. The lowest BCUT2D eigenvalue weighted by Gasteiger charge is -2.26. The summed E-state index contributed by atoms with van der Waals surface area (Å²) < 4.78 is 6.91. The van der Waals surface area contributed by atoms with Crippen molar-refractivity contribution in [3.63, 3.8) is 0 Å². The third-order valence-corrected chi connectivity index (χ3v) is 6.76. The average molecular weight is 451 g/mol. The molecule has 0 spiro atoms. The van der Waals surface area contributed by atoms with Gasteiger partial charge in [-0.05, 0) is 36.8 Å². The van der Waals surface area contributed by atoms with Crippen LogP contribution in [0, 0.1) is 0 Å². The summed E-state index contributed by atoms with van der Waals surface area (Å²) in [7, 11) is 0. The molecule has 0 bridgehead atoms. The summed E-state index contributed by atoms with van der Waals surface area (Å²) in [5.74, 6) is 0. The van der Waals surface area contributed by atoms with Gasteiger partial charge in [0, 0.05) is 0 Å². The average Bonchev–Trinajstić information content (AvgIpc) is 2.84. The first-order valence-corrected chi connectivity index (χ1v) is 14.0. The summed E-state index contributed by atoms with van der Waals surface area (Å²) in [5.41, 5.74) is 2.82. The van der Waals surface area contributed by atoms with Gasteiger partial charge in [0.25, 0.3) is 0 Å². The first-order chi connectivity index (χ1) is 16.3. The van der Waals surface area contributed by atoms with Crippen LogP contribution < -0.4 is 0 Å². The van der Waals surface area contributed by atoms with Crippen LogP contribution in [0.15, 0.2) is 60.7 Å². The minimum atomic E-state index is 0.326. The van der Waals surface area contributed by atoms with E-state index in [-0.39, 0.29) is 0 Å². The van der Waals surface area contributed by atoms with E-state index >= 15 is 0 Å². The van der Waals surface area contributed by atoms with Crippen molar-refractivity contribution < 1.29 is 4.74 Å². The van der Waals surface area contributed by atoms with Gasteiger partial charge in [0.05, 0.1) is 12.2 Å². The van der Waals surface area contributed by atoms with E-state index in [0.717, 1.165) is 12.8 Å². The van der Waals surface area contributed by atoms with Crippen molar-refractivity contribution in [1.29, 1.82) is 0 Å². The minimum absolute atomic E-state index is 0.326. The smallest absolute Gasteiger partial charge is 0.0619 e. The van der Waals surface area contributed by atoms with Gasteiger partial charge in [-0.25, -0.2) is 0 Å². The molecule has 2 atom stereocenters. The topological polar surface area (TPSA) is 9.23 Å². The molecule has 2 unspecified atom stereocenters. The molecule has 0 aromatic heterocycles. The predicted octanol–water partition coefficient (Wildman–Crippen LogP) is 9.73. The van der Waals surface area contributed by atoms with Gasteiger partial charge in [0.2, 0.25) is 0 Å². The Bertz CT molecular complexity index is 606. The summed E-state index contributed by atoms with van der Waals surface area (Å²) in [6, 6.07) is 21.9. The Balaban J connectivity index is 1.93. The third-order valence-electron chi connectivity index (χ3n) is 6.76. The first kappa shape index (κ1) is 27.6. The van der Waals surface area contributed by atoms with Crippen molar-refractivity contribution >= 4 is 0 Å². The van der Waals surface area contributed by atoms with Crippen molar-refractivity contribution in [1.82, 2.24) is 0 Å². The Morgan fingerprint density at radius 3 is 1.24 bits per heavy atom. The fourth-order valence-electron chi connectivity index (χ4n) is 4.77. The molecule has 0 saturated carbocycles. The zero-order valence-corrected chi connectivity index (χ0v) is 21.7. The maximum Gasteiger partial charge on any atom is 0.0619 e. The quantitative estimate of drug-likeness (QED) is 0.182. The SMILES string of the molecule is CCCCCCCCC(Cc1ccccc1)OC(CCCCCCCC)Cc1ccccc1. The first-order valence-electron chi connectivity index (χ1n) is 14.0. The van der Waals surface area contributed by atoms with E-state index in [0.29, 0.717) is 12.2 Å². The van der Waals surface area contributed by atoms with Crippen LogP contribution in [-0.2, 0) is 17.6 Å². The van der Waals surface area contributed by atoms with Crippen molar-refractivity contribution in [2.24, 2.45) is 0 Å². The van der Waals surface area contributed by atoms with Gasteiger partial charge in [-0.2, -0.15) is 0 Å². The molecular weight excluding hydrogens is 400 g/mol. The number of ether oxygens (including phenoxy) is 1. The number of hydrogen-bond donors (Lipinski definition) is 0. The molecule has 0 heterocycles. The number of unbranched alkanes of at least 4 members (excludes halogenated alkanes) is 10. The van der Waals surface area contributed by atoms with Crippen molar-refractivity contribution in [2.45, 2.75) is 129 Å². The molecular formula is C32H50O.